The average Bonchev–Trinajstić information content (AvgIpc) is 3.01. The standard InChI is InChI=1S/C24H40O5S/c1-4-5-14-24(2,28)15-10-12-20-19(21(26)18-22(20)30-17-16-25)11-8-6-7-9-13-23(27)29-3/h6,8,10,12,19-20,22,25,28H,4-5,7,9,11,13-18H2,1-3H3/b8-6-,12-10+/t19-,20-,22-,24?/m1/s1. The van der Waals surface area contributed by atoms with Crippen LogP contribution in [0.1, 0.15) is 71.6 Å². The molecule has 1 aliphatic rings. The van der Waals surface area contributed by atoms with Crippen LogP contribution in [0.3, 0.4) is 0 Å². The molecule has 6 heteroatoms. The molecule has 1 fully saturated rings. The minimum Gasteiger partial charge on any atom is -0.469 e. The Bertz CT molecular complexity index is 570. The summed E-state index contributed by atoms with van der Waals surface area (Å²) < 4.78 is 4.64. The number of unbranched alkanes of at least 4 members (excludes halogenated alkanes) is 2. The van der Waals surface area contributed by atoms with Gasteiger partial charge in [-0.25, -0.2) is 0 Å². The molecule has 0 aromatic rings. The molecule has 30 heavy (non-hydrogen) atoms. The molecule has 1 saturated carbocycles. The van der Waals surface area contributed by atoms with Crippen LogP contribution in [-0.2, 0) is 14.3 Å². The maximum Gasteiger partial charge on any atom is 0.305 e. The van der Waals surface area contributed by atoms with Gasteiger partial charge < -0.3 is 14.9 Å². The van der Waals surface area contributed by atoms with E-state index in [1.54, 1.807) is 11.8 Å². The van der Waals surface area contributed by atoms with Gasteiger partial charge in [0.2, 0.25) is 0 Å². The first-order chi connectivity index (χ1) is 14.3. The highest BCUT2D eigenvalue weighted by Crippen LogP contribution is 2.40. The van der Waals surface area contributed by atoms with Crippen molar-refractivity contribution in [2.45, 2.75) is 82.5 Å². The first-order valence-electron chi connectivity index (χ1n) is 11.2. The lowest BCUT2D eigenvalue weighted by molar-refractivity contribution is -0.140. The van der Waals surface area contributed by atoms with E-state index in [-0.39, 0.29) is 35.4 Å². The van der Waals surface area contributed by atoms with Crippen molar-refractivity contribution in [2.75, 3.05) is 19.5 Å². The number of aliphatic hydroxyl groups excluding tert-OH is 1. The fraction of sp³-hybridized carbons (Fsp3) is 0.750. The summed E-state index contributed by atoms with van der Waals surface area (Å²) in [6.45, 7) is 4.11. The largest absolute Gasteiger partial charge is 0.469 e. The molecule has 2 N–H and O–H groups in total. The maximum absolute atomic E-state index is 12.7. The number of aliphatic hydroxyl groups is 2. The Morgan fingerprint density at radius 2 is 2.07 bits per heavy atom. The zero-order chi connectivity index (χ0) is 22.4. The van der Waals surface area contributed by atoms with E-state index in [0.29, 0.717) is 31.4 Å². The highest BCUT2D eigenvalue weighted by atomic mass is 32.2. The van der Waals surface area contributed by atoms with Gasteiger partial charge in [0.15, 0.2) is 0 Å². The normalized spacial score (nSPS) is 24.0. The summed E-state index contributed by atoms with van der Waals surface area (Å²) >= 11 is 1.66. The Morgan fingerprint density at radius 3 is 2.73 bits per heavy atom. The summed E-state index contributed by atoms with van der Waals surface area (Å²) in [7, 11) is 1.39. The quantitative estimate of drug-likeness (QED) is 0.222. The van der Waals surface area contributed by atoms with Gasteiger partial charge in [-0.15, -0.1) is 0 Å². The van der Waals surface area contributed by atoms with Crippen LogP contribution in [0.4, 0.5) is 0 Å². The predicted octanol–water partition coefficient (Wildman–Crippen LogP) is 4.46. The minimum atomic E-state index is -0.710. The second-order valence-electron chi connectivity index (χ2n) is 8.40. The molecular formula is C24H40O5S. The first-order valence-corrected chi connectivity index (χ1v) is 12.3. The van der Waals surface area contributed by atoms with E-state index in [0.717, 1.165) is 32.1 Å². The smallest absolute Gasteiger partial charge is 0.305 e. The second-order valence-corrected chi connectivity index (χ2v) is 9.74. The van der Waals surface area contributed by atoms with Crippen molar-refractivity contribution in [3.8, 4) is 0 Å². The summed E-state index contributed by atoms with van der Waals surface area (Å²) in [5.41, 5.74) is -0.710. The van der Waals surface area contributed by atoms with Crippen LogP contribution in [0.5, 0.6) is 0 Å². The van der Waals surface area contributed by atoms with E-state index >= 15 is 0 Å². The van der Waals surface area contributed by atoms with Crippen molar-refractivity contribution in [2.24, 2.45) is 11.8 Å². The highest BCUT2D eigenvalue weighted by molar-refractivity contribution is 8.00. The van der Waals surface area contributed by atoms with Gasteiger partial charge in [0.1, 0.15) is 5.78 Å². The number of hydrogen-bond acceptors (Lipinski definition) is 6. The average molecular weight is 441 g/mol. The summed E-state index contributed by atoms with van der Waals surface area (Å²) in [4.78, 5) is 23.8. The molecule has 0 saturated heterocycles. The topological polar surface area (TPSA) is 83.8 Å². The molecule has 0 aromatic carbocycles. The Hall–Kier alpha value is -1.11. The molecular weight excluding hydrogens is 400 g/mol. The van der Waals surface area contributed by atoms with E-state index in [1.165, 1.54) is 7.11 Å². The van der Waals surface area contributed by atoms with Crippen molar-refractivity contribution in [1.82, 2.24) is 0 Å². The summed E-state index contributed by atoms with van der Waals surface area (Å²) in [6, 6.07) is 0. The zero-order valence-electron chi connectivity index (χ0n) is 18.8. The summed E-state index contributed by atoms with van der Waals surface area (Å²) in [5, 5.41) is 19.9. The molecule has 0 aromatic heterocycles. The van der Waals surface area contributed by atoms with Gasteiger partial charge in [-0.2, -0.15) is 11.8 Å². The fourth-order valence-corrected chi connectivity index (χ4v) is 5.04. The van der Waals surface area contributed by atoms with E-state index in [1.807, 2.05) is 19.1 Å². The molecule has 0 bridgehead atoms. The lowest BCUT2D eigenvalue weighted by Gasteiger charge is -2.23. The van der Waals surface area contributed by atoms with Gasteiger partial charge in [-0.3, -0.25) is 9.59 Å². The third-order valence-corrected chi connectivity index (χ3v) is 6.98. The number of carbonyl (C=O) groups is 2. The van der Waals surface area contributed by atoms with Crippen molar-refractivity contribution >= 4 is 23.5 Å². The molecule has 0 heterocycles. The SMILES string of the molecule is CCCCC(C)(O)C/C=C/[C@H]1[C@H](SCCO)CC(=O)[C@@H]1C/C=C\CCCC(=O)OC. The van der Waals surface area contributed by atoms with Gasteiger partial charge in [-0.05, 0) is 44.9 Å². The number of carbonyl (C=O) groups excluding carboxylic acids is 2. The number of ketones is 1. The van der Waals surface area contributed by atoms with Crippen molar-refractivity contribution in [3.63, 3.8) is 0 Å². The lowest BCUT2D eigenvalue weighted by Crippen LogP contribution is -2.23. The fourth-order valence-electron chi connectivity index (χ4n) is 3.85. The molecule has 0 aliphatic heterocycles. The maximum atomic E-state index is 12.7. The molecule has 1 aliphatic carbocycles. The van der Waals surface area contributed by atoms with Gasteiger partial charge in [0.25, 0.3) is 0 Å². The molecule has 0 amide bonds. The zero-order valence-corrected chi connectivity index (χ0v) is 19.7. The summed E-state index contributed by atoms with van der Waals surface area (Å²) in [5.74, 6) is 0.771. The van der Waals surface area contributed by atoms with E-state index in [9.17, 15) is 19.8 Å². The van der Waals surface area contributed by atoms with Gasteiger partial charge in [-0.1, -0.05) is 44.1 Å². The molecule has 4 atom stereocenters. The molecule has 1 rings (SSSR count). The number of rotatable bonds is 15. The van der Waals surface area contributed by atoms with Gasteiger partial charge in [0, 0.05) is 29.8 Å². The third kappa shape index (κ3) is 10.3. The Kier molecular flexibility index (Phi) is 13.3. The molecule has 5 nitrogen and oxygen atoms in total. The van der Waals surface area contributed by atoms with Crippen molar-refractivity contribution in [3.05, 3.63) is 24.3 Å². The number of methoxy groups -OCH3 is 1. The van der Waals surface area contributed by atoms with Gasteiger partial charge >= 0.3 is 5.97 Å². The summed E-state index contributed by atoms with van der Waals surface area (Å²) in [6.07, 6.45) is 14.8. The van der Waals surface area contributed by atoms with Crippen LogP contribution in [0, 0.1) is 11.8 Å². The van der Waals surface area contributed by atoms with E-state index < -0.39 is 5.60 Å². The number of ether oxygens (including phenoxy) is 1. The number of esters is 1. The molecule has 1 unspecified atom stereocenters. The molecule has 0 spiro atoms. The predicted molar refractivity (Wildman–Crippen MR) is 123 cm³/mol. The minimum absolute atomic E-state index is 0.0603. The number of allylic oxidation sites excluding steroid dienone is 3. The molecule has 172 valence electrons. The first kappa shape index (κ1) is 26.9. The van der Waals surface area contributed by atoms with Crippen LogP contribution in [0.25, 0.3) is 0 Å². The van der Waals surface area contributed by atoms with E-state index in [4.69, 9.17) is 0 Å². The van der Waals surface area contributed by atoms with Crippen LogP contribution in [0.15, 0.2) is 24.3 Å². The second kappa shape index (κ2) is 14.8. The number of Topliss-reactive ketones (excluding diaryl/α,β-unsaturated/α-hetero) is 1. The van der Waals surface area contributed by atoms with Crippen LogP contribution < -0.4 is 0 Å². The van der Waals surface area contributed by atoms with Crippen LogP contribution >= 0.6 is 11.8 Å². The monoisotopic (exact) mass is 440 g/mol. The van der Waals surface area contributed by atoms with Crippen molar-refractivity contribution in [1.29, 1.82) is 0 Å². The number of thioether (sulfide) groups is 1. The Labute approximate surface area is 186 Å². The number of hydrogen-bond donors (Lipinski definition) is 2. The Balaban J connectivity index is 2.68. The van der Waals surface area contributed by atoms with Gasteiger partial charge in [0.05, 0.1) is 19.3 Å². The third-order valence-electron chi connectivity index (χ3n) is 5.65. The Morgan fingerprint density at radius 1 is 1.30 bits per heavy atom. The molecule has 0 radical (unpaired) electrons. The van der Waals surface area contributed by atoms with E-state index in [2.05, 4.69) is 23.8 Å². The highest BCUT2D eigenvalue weighted by Gasteiger charge is 2.40. The van der Waals surface area contributed by atoms with Crippen LogP contribution in [-0.4, -0.2) is 52.3 Å². The lowest BCUT2D eigenvalue weighted by atomic mass is 9.89. The van der Waals surface area contributed by atoms with Crippen LogP contribution in [0.2, 0.25) is 0 Å². The van der Waals surface area contributed by atoms with Crippen molar-refractivity contribution < 1.29 is 24.5 Å².